The molecule has 0 aromatic heterocycles. The molecule has 1 aromatic carbocycles. The van der Waals surface area contributed by atoms with Crippen molar-refractivity contribution >= 4 is 5.91 Å². The number of aryl methyl sites for hydroxylation is 1. The molecule has 4 heteroatoms. The predicted molar refractivity (Wildman–Crippen MR) is 86.4 cm³/mol. The van der Waals surface area contributed by atoms with Crippen molar-refractivity contribution in [2.75, 3.05) is 19.6 Å². The summed E-state index contributed by atoms with van der Waals surface area (Å²) in [5.74, 6) is 0.634. The van der Waals surface area contributed by atoms with Gasteiger partial charge in [-0.1, -0.05) is 29.8 Å². The summed E-state index contributed by atoms with van der Waals surface area (Å²) in [6.45, 7) is 4.68. The second-order valence-corrected chi connectivity index (χ2v) is 6.93. The van der Waals surface area contributed by atoms with E-state index in [2.05, 4.69) is 24.4 Å². The Kier molecular flexibility index (Phi) is 4.50. The second kappa shape index (κ2) is 6.39. The van der Waals surface area contributed by atoms with Gasteiger partial charge in [0, 0.05) is 19.6 Å². The number of nitrogens with one attached hydrogen (secondary N) is 1. The maximum absolute atomic E-state index is 12.7. The molecule has 1 aromatic rings. The lowest BCUT2D eigenvalue weighted by Gasteiger charge is -2.38. The van der Waals surface area contributed by atoms with Crippen molar-refractivity contribution in [2.24, 2.45) is 5.92 Å². The highest BCUT2D eigenvalue weighted by molar-refractivity contribution is 5.86. The van der Waals surface area contributed by atoms with Crippen molar-refractivity contribution in [3.8, 4) is 0 Å². The summed E-state index contributed by atoms with van der Waals surface area (Å²) in [7, 11) is 0. The molecule has 2 N–H and O–H groups in total. The summed E-state index contributed by atoms with van der Waals surface area (Å²) in [5.41, 5.74) is 1.10. The lowest BCUT2D eigenvalue weighted by Crippen LogP contribution is -2.57. The maximum Gasteiger partial charge on any atom is 0.256 e. The number of aliphatic hydroxyl groups is 1. The number of hydrogen-bond acceptors (Lipinski definition) is 3. The van der Waals surface area contributed by atoms with Gasteiger partial charge < -0.3 is 15.3 Å². The number of likely N-dealkylation sites (tertiary alicyclic amines) is 1. The average Bonchev–Trinajstić information content (AvgIpc) is 3.28. The van der Waals surface area contributed by atoms with Crippen LogP contribution >= 0.6 is 0 Å². The standard InChI is InChI=1S/C18H26N2O2/c1-14-4-2-5-16(10-14)12-20-9-3-8-18(22,17(20)21)13-19-11-15-6-7-15/h2,4-5,10,15,19,22H,3,6-9,11-13H2,1H3. The SMILES string of the molecule is Cc1cccc(CN2CCCC(O)(CNCC3CC3)C2=O)c1. The van der Waals surface area contributed by atoms with Crippen LogP contribution in [-0.4, -0.2) is 41.1 Å². The zero-order chi connectivity index (χ0) is 15.6. The molecule has 0 radical (unpaired) electrons. The molecule has 1 atom stereocenters. The molecule has 3 rings (SSSR count). The molecule has 1 amide bonds. The van der Waals surface area contributed by atoms with Crippen molar-refractivity contribution < 1.29 is 9.90 Å². The molecular weight excluding hydrogens is 276 g/mol. The minimum Gasteiger partial charge on any atom is -0.379 e. The number of carbonyl (C=O) groups excluding carboxylic acids is 1. The van der Waals surface area contributed by atoms with E-state index in [0.29, 0.717) is 19.5 Å². The topological polar surface area (TPSA) is 52.6 Å². The van der Waals surface area contributed by atoms with Gasteiger partial charge in [0.25, 0.3) is 5.91 Å². The van der Waals surface area contributed by atoms with Crippen molar-refractivity contribution in [2.45, 2.75) is 44.8 Å². The van der Waals surface area contributed by atoms with Crippen LogP contribution in [0, 0.1) is 12.8 Å². The summed E-state index contributed by atoms with van der Waals surface area (Å²) in [5, 5.41) is 14.0. The van der Waals surface area contributed by atoms with E-state index in [0.717, 1.165) is 31.0 Å². The number of nitrogens with zero attached hydrogens (tertiary/aromatic N) is 1. The van der Waals surface area contributed by atoms with E-state index in [-0.39, 0.29) is 5.91 Å². The first kappa shape index (κ1) is 15.5. The van der Waals surface area contributed by atoms with Gasteiger partial charge in [-0.25, -0.2) is 0 Å². The summed E-state index contributed by atoms with van der Waals surface area (Å²) in [6.07, 6.45) is 3.98. The van der Waals surface area contributed by atoms with Crippen LogP contribution in [0.25, 0.3) is 0 Å². The molecule has 1 saturated carbocycles. The molecule has 0 bridgehead atoms. The maximum atomic E-state index is 12.7. The minimum absolute atomic E-state index is 0.122. The highest BCUT2D eigenvalue weighted by Crippen LogP contribution is 2.28. The fraction of sp³-hybridized carbons (Fsp3) is 0.611. The largest absolute Gasteiger partial charge is 0.379 e. The molecule has 2 fully saturated rings. The summed E-state index contributed by atoms with van der Waals surface area (Å²) in [6, 6.07) is 8.22. The van der Waals surface area contributed by atoms with E-state index in [9.17, 15) is 9.90 Å². The van der Waals surface area contributed by atoms with Gasteiger partial charge in [0.05, 0.1) is 0 Å². The zero-order valence-electron chi connectivity index (χ0n) is 13.3. The predicted octanol–water partition coefficient (Wildman–Crippen LogP) is 1.85. The fourth-order valence-corrected chi connectivity index (χ4v) is 3.22. The van der Waals surface area contributed by atoms with E-state index in [1.807, 2.05) is 12.1 Å². The third-order valence-corrected chi connectivity index (χ3v) is 4.71. The Morgan fingerprint density at radius 2 is 2.23 bits per heavy atom. The first-order valence-corrected chi connectivity index (χ1v) is 8.35. The number of carbonyl (C=O) groups is 1. The lowest BCUT2D eigenvalue weighted by molar-refractivity contribution is -0.157. The van der Waals surface area contributed by atoms with Gasteiger partial charge in [0.15, 0.2) is 5.60 Å². The summed E-state index contributed by atoms with van der Waals surface area (Å²) >= 11 is 0. The minimum atomic E-state index is -1.23. The Morgan fingerprint density at radius 1 is 1.41 bits per heavy atom. The Balaban J connectivity index is 1.60. The molecule has 0 spiro atoms. The normalized spacial score (nSPS) is 25.5. The van der Waals surface area contributed by atoms with Gasteiger partial charge in [-0.2, -0.15) is 0 Å². The molecule has 4 nitrogen and oxygen atoms in total. The van der Waals surface area contributed by atoms with Gasteiger partial charge >= 0.3 is 0 Å². The number of amides is 1. The van der Waals surface area contributed by atoms with Crippen molar-refractivity contribution in [1.29, 1.82) is 0 Å². The molecule has 1 heterocycles. The second-order valence-electron chi connectivity index (χ2n) is 6.93. The third-order valence-electron chi connectivity index (χ3n) is 4.71. The van der Waals surface area contributed by atoms with Crippen LogP contribution in [0.15, 0.2) is 24.3 Å². The van der Waals surface area contributed by atoms with Gasteiger partial charge in [-0.05, 0) is 50.6 Å². The molecule has 2 aliphatic rings. The van der Waals surface area contributed by atoms with E-state index < -0.39 is 5.60 Å². The molecule has 22 heavy (non-hydrogen) atoms. The summed E-state index contributed by atoms with van der Waals surface area (Å²) < 4.78 is 0. The molecule has 1 aliphatic heterocycles. The van der Waals surface area contributed by atoms with Crippen LogP contribution < -0.4 is 5.32 Å². The Labute approximate surface area is 132 Å². The smallest absolute Gasteiger partial charge is 0.256 e. The number of benzene rings is 1. The molecule has 1 saturated heterocycles. The molecular formula is C18H26N2O2. The quantitative estimate of drug-likeness (QED) is 0.843. The number of piperidine rings is 1. The molecule has 120 valence electrons. The first-order valence-electron chi connectivity index (χ1n) is 8.35. The molecule has 1 aliphatic carbocycles. The lowest BCUT2D eigenvalue weighted by atomic mass is 9.91. The van der Waals surface area contributed by atoms with Crippen LogP contribution in [-0.2, 0) is 11.3 Å². The van der Waals surface area contributed by atoms with Crippen molar-refractivity contribution in [3.05, 3.63) is 35.4 Å². The van der Waals surface area contributed by atoms with Crippen molar-refractivity contribution in [1.82, 2.24) is 10.2 Å². The monoisotopic (exact) mass is 302 g/mol. The van der Waals surface area contributed by atoms with Gasteiger partial charge in [0.1, 0.15) is 0 Å². The zero-order valence-corrected chi connectivity index (χ0v) is 13.3. The Morgan fingerprint density at radius 3 is 2.95 bits per heavy atom. The highest BCUT2D eigenvalue weighted by Gasteiger charge is 2.42. The van der Waals surface area contributed by atoms with Crippen LogP contribution in [0.5, 0.6) is 0 Å². The van der Waals surface area contributed by atoms with Gasteiger partial charge in [0.2, 0.25) is 0 Å². The fourth-order valence-electron chi connectivity index (χ4n) is 3.22. The van der Waals surface area contributed by atoms with Crippen LogP contribution in [0.3, 0.4) is 0 Å². The van der Waals surface area contributed by atoms with E-state index in [1.54, 1.807) is 4.90 Å². The number of rotatable bonds is 6. The van der Waals surface area contributed by atoms with E-state index >= 15 is 0 Å². The summed E-state index contributed by atoms with van der Waals surface area (Å²) in [4.78, 5) is 14.5. The van der Waals surface area contributed by atoms with Gasteiger partial charge in [-0.3, -0.25) is 4.79 Å². The first-order chi connectivity index (χ1) is 10.6. The van der Waals surface area contributed by atoms with E-state index in [4.69, 9.17) is 0 Å². The highest BCUT2D eigenvalue weighted by atomic mass is 16.3. The van der Waals surface area contributed by atoms with Gasteiger partial charge in [-0.15, -0.1) is 0 Å². The van der Waals surface area contributed by atoms with Crippen LogP contribution in [0.2, 0.25) is 0 Å². The Bertz CT molecular complexity index is 542. The molecule has 1 unspecified atom stereocenters. The van der Waals surface area contributed by atoms with E-state index in [1.165, 1.54) is 18.4 Å². The number of hydrogen-bond donors (Lipinski definition) is 2. The third kappa shape index (κ3) is 3.68. The van der Waals surface area contributed by atoms with Crippen molar-refractivity contribution in [3.63, 3.8) is 0 Å². The average molecular weight is 302 g/mol. The van der Waals surface area contributed by atoms with Crippen LogP contribution in [0.4, 0.5) is 0 Å². The Hall–Kier alpha value is -1.39. The van der Waals surface area contributed by atoms with Crippen LogP contribution in [0.1, 0.15) is 36.8 Å².